The van der Waals surface area contributed by atoms with Gasteiger partial charge in [0, 0.05) is 34.2 Å². The van der Waals surface area contributed by atoms with Crippen LogP contribution in [0, 0.1) is 28.7 Å². The van der Waals surface area contributed by atoms with Crippen molar-refractivity contribution in [2.75, 3.05) is 5.32 Å². The first-order valence-corrected chi connectivity index (χ1v) is 8.20. The van der Waals surface area contributed by atoms with Crippen LogP contribution < -0.4 is 5.32 Å². The van der Waals surface area contributed by atoms with Crippen molar-refractivity contribution in [3.8, 4) is 11.3 Å². The van der Waals surface area contributed by atoms with Gasteiger partial charge in [-0.2, -0.15) is 0 Å². The fourth-order valence-corrected chi connectivity index (χ4v) is 3.00. The third-order valence-electron chi connectivity index (χ3n) is 3.55. The second-order valence-corrected chi connectivity index (χ2v) is 6.27. The van der Waals surface area contributed by atoms with E-state index in [1.54, 1.807) is 24.4 Å². The van der Waals surface area contributed by atoms with E-state index in [9.17, 15) is 23.7 Å². The van der Waals surface area contributed by atoms with Crippen LogP contribution in [-0.2, 0) is 0 Å². The lowest BCUT2D eigenvalue weighted by atomic mass is 10.1. The Morgan fingerprint density at radius 1 is 1.19 bits per heavy atom. The molecule has 3 aromatic rings. The molecule has 6 nitrogen and oxygen atoms in total. The number of nitrogens with one attached hydrogen (secondary N) is 1. The van der Waals surface area contributed by atoms with Crippen LogP contribution in [0.1, 0.15) is 15.9 Å². The monoisotopic (exact) mass is 375 g/mol. The van der Waals surface area contributed by atoms with E-state index in [0.717, 1.165) is 23.5 Å². The highest BCUT2D eigenvalue weighted by Gasteiger charge is 2.15. The molecule has 3 rings (SSSR count). The molecule has 1 N–H and O–H groups in total. The summed E-state index contributed by atoms with van der Waals surface area (Å²) in [5, 5.41) is 15.3. The number of carbonyl (C=O) groups excluding carboxylic acids is 1. The lowest BCUT2D eigenvalue weighted by Gasteiger charge is -2.03. The second kappa shape index (κ2) is 6.96. The van der Waals surface area contributed by atoms with Gasteiger partial charge in [0.05, 0.1) is 10.6 Å². The van der Waals surface area contributed by atoms with E-state index in [0.29, 0.717) is 22.9 Å². The zero-order chi connectivity index (χ0) is 18.8. The Bertz CT molecular complexity index is 1000. The van der Waals surface area contributed by atoms with E-state index in [-0.39, 0.29) is 16.4 Å². The van der Waals surface area contributed by atoms with Crippen LogP contribution in [0.2, 0.25) is 0 Å². The number of anilines is 1. The molecule has 1 aromatic heterocycles. The summed E-state index contributed by atoms with van der Waals surface area (Å²) in [5.41, 5.74) is 1.28. The van der Waals surface area contributed by atoms with Gasteiger partial charge in [-0.15, -0.1) is 11.3 Å². The molecule has 0 aliphatic carbocycles. The van der Waals surface area contributed by atoms with E-state index in [1.165, 1.54) is 6.07 Å². The normalized spacial score (nSPS) is 10.6. The summed E-state index contributed by atoms with van der Waals surface area (Å²) in [6.07, 6.45) is 0. The molecule has 0 bridgehead atoms. The number of aryl methyl sites for hydroxylation is 1. The minimum absolute atomic E-state index is 0.0312. The predicted molar refractivity (Wildman–Crippen MR) is 93.3 cm³/mol. The smallest absolute Gasteiger partial charge is 0.272 e. The first-order chi connectivity index (χ1) is 12.3. The number of nitrogens with zero attached hydrogens (tertiary/aromatic N) is 2. The van der Waals surface area contributed by atoms with Gasteiger partial charge in [-0.1, -0.05) is 12.1 Å². The quantitative estimate of drug-likeness (QED) is 0.535. The van der Waals surface area contributed by atoms with Crippen LogP contribution >= 0.6 is 11.3 Å². The summed E-state index contributed by atoms with van der Waals surface area (Å²) >= 11 is 1.09. The average molecular weight is 375 g/mol. The molecule has 132 valence electrons. The van der Waals surface area contributed by atoms with Crippen LogP contribution in [0.5, 0.6) is 0 Å². The molecule has 0 spiro atoms. The Morgan fingerprint density at radius 3 is 2.54 bits per heavy atom. The van der Waals surface area contributed by atoms with Gasteiger partial charge in [-0.3, -0.25) is 20.2 Å². The SMILES string of the molecule is Cc1ccc(-c2csc(NC(=O)c3cc(F)cc(F)c3)n2)cc1[N+](=O)[O-]. The number of amides is 1. The summed E-state index contributed by atoms with van der Waals surface area (Å²) in [7, 11) is 0. The van der Waals surface area contributed by atoms with Gasteiger partial charge in [0.1, 0.15) is 11.6 Å². The molecule has 0 saturated heterocycles. The largest absolute Gasteiger partial charge is 0.298 e. The lowest BCUT2D eigenvalue weighted by Crippen LogP contribution is -2.12. The average Bonchev–Trinajstić information content (AvgIpc) is 3.02. The molecule has 0 atom stereocenters. The molecule has 9 heteroatoms. The minimum atomic E-state index is -0.859. The van der Waals surface area contributed by atoms with Gasteiger partial charge in [-0.05, 0) is 19.1 Å². The fourth-order valence-electron chi connectivity index (χ4n) is 2.28. The molecule has 1 heterocycles. The Kier molecular flexibility index (Phi) is 4.72. The molecular weight excluding hydrogens is 364 g/mol. The van der Waals surface area contributed by atoms with Crippen molar-refractivity contribution in [3.63, 3.8) is 0 Å². The molecular formula is C17H11F2N3O3S. The maximum Gasteiger partial charge on any atom is 0.272 e. The highest BCUT2D eigenvalue weighted by Crippen LogP contribution is 2.29. The third kappa shape index (κ3) is 3.72. The first-order valence-electron chi connectivity index (χ1n) is 7.32. The van der Waals surface area contributed by atoms with E-state index in [2.05, 4.69) is 10.3 Å². The minimum Gasteiger partial charge on any atom is -0.298 e. The Morgan fingerprint density at radius 2 is 1.88 bits per heavy atom. The van der Waals surface area contributed by atoms with E-state index in [1.807, 2.05) is 0 Å². The number of hydrogen-bond acceptors (Lipinski definition) is 5. The van der Waals surface area contributed by atoms with Gasteiger partial charge in [0.2, 0.25) is 0 Å². The second-order valence-electron chi connectivity index (χ2n) is 5.41. The van der Waals surface area contributed by atoms with Crippen molar-refractivity contribution in [2.45, 2.75) is 6.92 Å². The molecule has 2 aromatic carbocycles. The van der Waals surface area contributed by atoms with Crippen molar-refractivity contribution in [1.29, 1.82) is 0 Å². The van der Waals surface area contributed by atoms with Crippen LogP contribution in [-0.4, -0.2) is 15.8 Å². The summed E-state index contributed by atoms with van der Waals surface area (Å²) in [5.74, 6) is -2.43. The third-order valence-corrected chi connectivity index (χ3v) is 4.31. The summed E-state index contributed by atoms with van der Waals surface area (Å²) < 4.78 is 26.4. The molecule has 0 saturated carbocycles. The predicted octanol–water partition coefficient (Wildman–Crippen LogP) is 4.56. The van der Waals surface area contributed by atoms with Crippen LogP contribution in [0.15, 0.2) is 41.8 Å². The molecule has 0 unspecified atom stereocenters. The van der Waals surface area contributed by atoms with Crippen LogP contribution in [0.4, 0.5) is 19.6 Å². The highest BCUT2D eigenvalue weighted by atomic mass is 32.1. The number of benzene rings is 2. The van der Waals surface area contributed by atoms with Gasteiger partial charge in [0.15, 0.2) is 5.13 Å². The van der Waals surface area contributed by atoms with Crippen molar-refractivity contribution in [1.82, 2.24) is 4.98 Å². The number of halogens is 2. The number of nitro benzene ring substituents is 1. The topological polar surface area (TPSA) is 85.1 Å². The van der Waals surface area contributed by atoms with E-state index < -0.39 is 22.5 Å². The number of hydrogen-bond donors (Lipinski definition) is 1. The number of rotatable bonds is 4. The summed E-state index contributed by atoms with van der Waals surface area (Å²) in [6.45, 7) is 1.63. The van der Waals surface area contributed by atoms with Gasteiger partial charge >= 0.3 is 0 Å². The van der Waals surface area contributed by atoms with Gasteiger partial charge in [-0.25, -0.2) is 13.8 Å². The summed E-state index contributed by atoms with van der Waals surface area (Å²) in [6, 6.07) is 7.19. The molecule has 0 radical (unpaired) electrons. The number of aromatic nitrogens is 1. The number of carbonyl (C=O) groups is 1. The zero-order valence-electron chi connectivity index (χ0n) is 13.3. The van der Waals surface area contributed by atoms with E-state index >= 15 is 0 Å². The first kappa shape index (κ1) is 17.6. The van der Waals surface area contributed by atoms with Crippen LogP contribution in [0.3, 0.4) is 0 Å². The van der Waals surface area contributed by atoms with Crippen molar-refractivity contribution in [3.05, 3.63) is 74.7 Å². The molecule has 0 aliphatic heterocycles. The molecule has 1 amide bonds. The zero-order valence-corrected chi connectivity index (χ0v) is 14.1. The molecule has 0 fully saturated rings. The van der Waals surface area contributed by atoms with Crippen molar-refractivity contribution >= 4 is 28.1 Å². The van der Waals surface area contributed by atoms with Gasteiger partial charge in [0.25, 0.3) is 11.6 Å². The number of nitro groups is 1. The van der Waals surface area contributed by atoms with Crippen LogP contribution in [0.25, 0.3) is 11.3 Å². The summed E-state index contributed by atoms with van der Waals surface area (Å²) in [4.78, 5) is 26.8. The lowest BCUT2D eigenvalue weighted by molar-refractivity contribution is -0.385. The molecule has 0 aliphatic rings. The van der Waals surface area contributed by atoms with E-state index in [4.69, 9.17) is 0 Å². The van der Waals surface area contributed by atoms with Gasteiger partial charge < -0.3 is 0 Å². The fraction of sp³-hybridized carbons (Fsp3) is 0.0588. The molecule has 26 heavy (non-hydrogen) atoms. The number of thiazole rings is 1. The Hall–Kier alpha value is -3.20. The standard InChI is InChI=1S/C17H11F2N3O3S/c1-9-2-3-10(6-15(9)22(24)25)14-8-26-17(20-14)21-16(23)11-4-12(18)7-13(19)5-11/h2-8H,1H3,(H,20,21,23). The Labute approximate surface area is 150 Å². The Balaban J connectivity index is 1.83. The maximum atomic E-state index is 13.2. The maximum absolute atomic E-state index is 13.2. The highest BCUT2D eigenvalue weighted by molar-refractivity contribution is 7.14. The van der Waals surface area contributed by atoms with Crippen molar-refractivity contribution < 1.29 is 18.5 Å². The van der Waals surface area contributed by atoms with Crippen molar-refractivity contribution in [2.24, 2.45) is 0 Å².